The van der Waals surface area contributed by atoms with E-state index in [1.807, 2.05) is 0 Å². The van der Waals surface area contributed by atoms with Crippen LogP contribution in [-0.4, -0.2) is 21.3 Å². The van der Waals surface area contributed by atoms with E-state index in [2.05, 4.69) is 74.5 Å². The summed E-state index contributed by atoms with van der Waals surface area (Å²) in [7, 11) is -2.72. The summed E-state index contributed by atoms with van der Waals surface area (Å²) in [5.41, 5.74) is 0. The van der Waals surface area contributed by atoms with E-state index in [1.165, 1.54) is 36.1 Å². The van der Waals surface area contributed by atoms with Crippen molar-refractivity contribution in [3.8, 4) is 0 Å². The first-order chi connectivity index (χ1) is 12.8. The Labute approximate surface area is 159 Å². The van der Waals surface area contributed by atoms with Crippen LogP contribution in [-0.2, 0) is 8.85 Å². The summed E-state index contributed by atoms with van der Waals surface area (Å²) in [5.74, 6) is 0.657. The fraction of sp³-hybridized carbons (Fsp3) is 0.478. The normalized spacial score (nSPS) is 16.7. The fourth-order valence-corrected chi connectivity index (χ4v) is 7.38. The van der Waals surface area contributed by atoms with Gasteiger partial charge >= 0.3 is 8.56 Å². The zero-order valence-electron chi connectivity index (χ0n) is 16.2. The average Bonchev–Trinajstić information content (AvgIpc) is 3.24. The summed E-state index contributed by atoms with van der Waals surface area (Å²) in [4.78, 5) is 0. The van der Waals surface area contributed by atoms with Crippen molar-refractivity contribution in [3.05, 3.63) is 60.7 Å². The monoisotopic (exact) mass is 368 g/mol. The molecule has 2 aromatic carbocycles. The summed E-state index contributed by atoms with van der Waals surface area (Å²) >= 11 is 0. The van der Waals surface area contributed by atoms with Crippen molar-refractivity contribution in [1.29, 1.82) is 0 Å². The molecule has 3 rings (SSSR count). The van der Waals surface area contributed by atoms with Crippen molar-refractivity contribution in [1.82, 2.24) is 0 Å². The highest BCUT2D eigenvalue weighted by Crippen LogP contribution is 2.30. The Balaban J connectivity index is 1.98. The Bertz CT molecular complexity index is 598. The maximum Gasteiger partial charge on any atom is 0.407 e. The molecule has 1 aliphatic carbocycles. The maximum atomic E-state index is 6.96. The van der Waals surface area contributed by atoms with Gasteiger partial charge in [-0.05, 0) is 42.5 Å². The van der Waals surface area contributed by atoms with Gasteiger partial charge in [0, 0.05) is 12.7 Å². The highest BCUT2D eigenvalue weighted by Gasteiger charge is 2.45. The smallest absolute Gasteiger partial charge is 0.388 e. The Morgan fingerprint density at radius 2 is 1.46 bits per heavy atom. The van der Waals surface area contributed by atoms with E-state index in [0.29, 0.717) is 5.92 Å². The first kappa shape index (κ1) is 19.3. The molecule has 0 spiro atoms. The number of benzene rings is 2. The quantitative estimate of drug-likeness (QED) is 0.474. The number of hydrogen-bond acceptors (Lipinski definition) is 2. The van der Waals surface area contributed by atoms with Crippen LogP contribution in [0.2, 0.25) is 0 Å². The maximum absolute atomic E-state index is 6.96. The molecule has 1 aliphatic rings. The Morgan fingerprint density at radius 3 is 1.96 bits per heavy atom. The topological polar surface area (TPSA) is 18.5 Å². The van der Waals surface area contributed by atoms with Crippen molar-refractivity contribution >= 4 is 18.9 Å². The van der Waals surface area contributed by atoms with Gasteiger partial charge in [-0.2, -0.15) is 0 Å². The largest absolute Gasteiger partial charge is 0.407 e. The molecule has 0 radical (unpaired) electrons. The third-order valence-corrected chi connectivity index (χ3v) is 9.03. The molecule has 140 valence electrons. The predicted octanol–water partition coefficient (Wildman–Crippen LogP) is 4.66. The minimum atomic E-state index is -2.72. The molecule has 26 heavy (non-hydrogen) atoms. The highest BCUT2D eigenvalue weighted by atomic mass is 28.4. The molecule has 2 nitrogen and oxygen atoms in total. The van der Waals surface area contributed by atoms with Crippen LogP contribution in [0.3, 0.4) is 0 Å². The predicted molar refractivity (Wildman–Crippen MR) is 111 cm³/mol. The average molecular weight is 369 g/mol. The minimum absolute atomic E-state index is 0.228. The molecular formula is C23H32O2Si. The van der Waals surface area contributed by atoms with Gasteiger partial charge < -0.3 is 8.85 Å². The molecule has 0 N–H and O–H groups in total. The summed E-state index contributed by atoms with van der Waals surface area (Å²) < 4.78 is 13.6. The van der Waals surface area contributed by atoms with Crippen molar-refractivity contribution in [2.75, 3.05) is 6.61 Å². The molecule has 0 saturated heterocycles. The Kier molecular flexibility index (Phi) is 7.06. The Hall–Kier alpha value is -1.42. The van der Waals surface area contributed by atoms with Gasteiger partial charge in [0.05, 0.1) is 0 Å². The number of hydrogen-bond donors (Lipinski definition) is 0. The Morgan fingerprint density at radius 1 is 0.923 bits per heavy atom. The highest BCUT2D eigenvalue weighted by molar-refractivity contribution is 6.92. The second-order valence-corrected chi connectivity index (χ2v) is 10.3. The van der Waals surface area contributed by atoms with Crippen molar-refractivity contribution < 1.29 is 8.85 Å². The zero-order valence-corrected chi connectivity index (χ0v) is 17.2. The van der Waals surface area contributed by atoms with Crippen molar-refractivity contribution in [2.45, 2.75) is 58.5 Å². The molecule has 1 saturated carbocycles. The van der Waals surface area contributed by atoms with Crippen LogP contribution in [0.25, 0.3) is 0 Å². The lowest BCUT2D eigenvalue weighted by atomic mass is 10.0. The van der Waals surface area contributed by atoms with Gasteiger partial charge in [0.2, 0.25) is 0 Å². The summed E-state index contributed by atoms with van der Waals surface area (Å²) in [5, 5.41) is 2.43. The van der Waals surface area contributed by atoms with E-state index >= 15 is 0 Å². The van der Waals surface area contributed by atoms with E-state index in [0.717, 1.165) is 19.4 Å². The van der Waals surface area contributed by atoms with Crippen LogP contribution in [0.15, 0.2) is 60.7 Å². The van der Waals surface area contributed by atoms with Gasteiger partial charge in [-0.25, -0.2) is 0 Å². The summed E-state index contributed by atoms with van der Waals surface area (Å²) in [6.07, 6.45) is 7.66. The zero-order chi connectivity index (χ0) is 18.2. The van der Waals surface area contributed by atoms with E-state index in [-0.39, 0.29) is 6.10 Å². The van der Waals surface area contributed by atoms with Gasteiger partial charge in [-0.1, -0.05) is 86.8 Å². The van der Waals surface area contributed by atoms with Crippen LogP contribution in [0.4, 0.5) is 0 Å². The molecule has 1 unspecified atom stereocenters. The van der Waals surface area contributed by atoms with Gasteiger partial charge in [0.25, 0.3) is 0 Å². The van der Waals surface area contributed by atoms with Gasteiger partial charge in [-0.3, -0.25) is 0 Å². The van der Waals surface area contributed by atoms with E-state index in [1.54, 1.807) is 0 Å². The van der Waals surface area contributed by atoms with Gasteiger partial charge in [-0.15, -0.1) is 0 Å². The molecule has 2 aromatic rings. The molecule has 0 amide bonds. The minimum Gasteiger partial charge on any atom is -0.388 e. The van der Waals surface area contributed by atoms with Crippen LogP contribution >= 0.6 is 0 Å². The lowest BCUT2D eigenvalue weighted by molar-refractivity contribution is 0.0998. The van der Waals surface area contributed by atoms with Crippen LogP contribution < -0.4 is 10.4 Å². The summed E-state index contributed by atoms with van der Waals surface area (Å²) in [6, 6.07) is 21.3. The molecular weight excluding hydrogens is 336 g/mol. The van der Waals surface area contributed by atoms with Crippen LogP contribution in [0, 0.1) is 5.92 Å². The number of unbranched alkanes of at least 4 members (excludes halogenated alkanes) is 1. The van der Waals surface area contributed by atoms with Crippen molar-refractivity contribution in [2.24, 2.45) is 5.92 Å². The molecule has 1 atom stereocenters. The molecule has 0 aromatic heterocycles. The first-order valence-electron chi connectivity index (χ1n) is 10.2. The third-order valence-electron chi connectivity index (χ3n) is 5.53. The molecule has 0 bridgehead atoms. The second kappa shape index (κ2) is 9.49. The summed E-state index contributed by atoms with van der Waals surface area (Å²) in [6.45, 7) is 5.22. The molecule has 0 aliphatic heterocycles. The molecule has 3 heteroatoms. The fourth-order valence-electron chi connectivity index (χ4n) is 3.96. The third kappa shape index (κ3) is 4.45. The van der Waals surface area contributed by atoms with Gasteiger partial charge in [0.15, 0.2) is 0 Å². The van der Waals surface area contributed by atoms with Crippen molar-refractivity contribution in [3.63, 3.8) is 0 Å². The lowest BCUT2D eigenvalue weighted by Crippen LogP contribution is -2.65. The van der Waals surface area contributed by atoms with E-state index in [9.17, 15) is 0 Å². The van der Waals surface area contributed by atoms with E-state index in [4.69, 9.17) is 8.85 Å². The number of rotatable bonds is 9. The molecule has 1 fully saturated rings. The van der Waals surface area contributed by atoms with Crippen LogP contribution in [0.1, 0.15) is 52.4 Å². The second-order valence-electron chi connectivity index (χ2n) is 7.42. The lowest BCUT2D eigenvalue weighted by Gasteiger charge is -2.36. The van der Waals surface area contributed by atoms with E-state index < -0.39 is 8.56 Å². The van der Waals surface area contributed by atoms with Crippen LogP contribution in [0.5, 0.6) is 0 Å². The SMILES string of the molecule is CCCCO[Si](OC(C)C1CCCC1)(c1ccccc1)c1ccccc1. The van der Waals surface area contributed by atoms with Gasteiger partial charge in [0.1, 0.15) is 0 Å². The standard InChI is InChI=1S/C23H32O2Si/c1-3-4-19-24-26(22-15-7-5-8-16-22,23-17-9-6-10-18-23)25-20(2)21-13-11-12-14-21/h5-10,15-18,20-21H,3-4,11-14,19H2,1-2H3. The molecule has 0 heterocycles. The first-order valence-corrected chi connectivity index (χ1v) is 12.0.